The minimum Gasteiger partial charge on any atom is -0.668 e. The monoisotopic (exact) mass is 388 g/mol. The van der Waals surface area contributed by atoms with Crippen LogP contribution < -0.4 is 0 Å². The average Bonchev–Trinajstić information content (AvgIpc) is 2.58. The molecule has 2 fully saturated rings. The number of nitrogens with zero attached hydrogens (tertiary/aromatic N) is 2. The van der Waals surface area contributed by atoms with Crippen molar-refractivity contribution in [3.63, 3.8) is 0 Å². The maximum atomic E-state index is 4.06. The fourth-order valence-electron chi connectivity index (χ4n) is 2.07. The first-order valence-corrected chi connectivity index (χ1v) is 10.1. The van der Waals surface area contributed by atoms with Crippen LogP contribution in [0.25, 0.3) is 5.32 Å². The summed E-state index contributed by atoms with van der Waals surface area (Å²) < 4.78 is 4.06. The number of rotatable bonds is 2. The van der Waals surface area contributed by atoms with E-state index in [2.05, 4.69) is 42.3 Å². The summed E-state index contributed by atoms with van der Waals surface area (Å²) in [4.78, 5) is 0. The Morgan fingerprint density at radius 3 is 1.64 bits per heavy atom. The van der Waals surface area contributed by atoms with E-state index in [-0.39, 0.29) is 0 Å². The van der Waals surface area contributed by atoms with Crippen LogP contribution in [0.3, 0.4) is 0 Å². The zero-order valence-corrected chi connectivity index (χ0v) is 17.9. The first kappa shape index (κ1) is 24.7. The Morgan fingerprint density at radius 1 is 1.05 bits per heavy atom. The standard InChI is InChI=1S/C7H13.C6H11.C4H9N.C2H6N.Nb/c1-7-5-3-2-4-6-7;1-2-4-6-5-3-1;1-3-4(2)5;1-3-2;/h2,7H,3-6H2,1H3;1H,2-6H2;4H,3H2,1-2H3;1-2H3;/q2*-1;;-1;. The molecule has 133 valence electrons. The van der Waals surface area contributed by atoms with Crippen molar-refractivity contribution in [2.24, 2.45) is 9.26 Å². The van der Waals surface area contributed by atoms with Crippen LogP contribution in [0.1, 0.15) is 85.0 Å². The zero-order valence-electron chi connectivity index (χ0n) is 15.7. The fraction of sp³-hybridized carbons (Fsp3) is 0.895. The van der Waals surface area contributed by atoms with Crippen LogP contribution in [0.15, 0.2) is 3.34 Å². The Balaban J connectivity index is 0. The SMILES string of the molecule is CC1CC[CH-]CC1.CCC(C)[N]=[Nb].C[N-]C.[CH-]1CCCCC1. The molecule has 0 aliphatic heterocycles. The first-order chi connectivity index (χ1) is 10.6. The van der Waals surface area contributed by atoms with Gasteiger partial charge < -0.3 is 18.2 Å². The van der Waals surface area contributed by atoms with Crippen molar-refractivity contribution in [1.29, 1.82) is 0 Å². The van der Waals surface area contributed by atoms with Crippen molar-refractivity contribution in [3.8, 4) is 0 Å². The molecule has 0 spiro atoms. The smallest absolute Gasteiger partial charge is 0.0582 e. The van der Waals surface area contributed by atoms with Crippen LogP contribution in [-0.2, 0) is 20.9 Å². The Labute approximate surface area is 153 Å². The third-order valence-electron chi connectivity index (χ3n) is 3.83. The van der Waals surface area contributed by atoms with Gasteiger partial charge in [-0.2, -0.15) is 39.8 Å². The minimum absolute atomic E-state index is 0.582. The van der Waals surface area contributed by atoms with Gasteiger partial charge in [0.25, 0.3) is 0 Å². The molecule has 2 aliphatic rings. The van der Waals surface area contributed by atoms with Gasteiger partial charge in [0.2, 0.25) is 0 Å². The topological polar surface area (TPSA) is 26.5 Å². The normalized spacial score (nSPS) is 19.1. The van der Waals surface area contributed by atoms with Gasteiger partial charge in [-0.15, -0.1) is 0 Å². The molecule has 0 N–H and O–H groups in total. The predicted molar refractivity (Wildman–Crippen MR) is 96.7 cm³/mol. The summed E-state index contributed by atoms with van der Waals surface area (Å²) >= 11 is 1.55. The molecule has 1 atom stereocenters. The van der Waals surface area contributed by atoms with Gasteiger partial charge in [-0.3, -0.25) is 0 Å². The van der Waals surface area contributed by atoms with Crippen LogP contribution in [0.4, 0.5) is 0 Å². The predicted octanol–water partition coefficient (Wildman–Crippen LogP) is 6.69. The molecule has 0 saturated heterocycles. The Morgan fingerprint density at radius 2 is 1.50 bits per heavy atom. The Hall–Kier alpha value is 0.500. The molecule has 2 nitrogen and oxygen atoms in total. The van der Waals surface area contributed by atoms with E-state index in [0.29, 0.717) is 6.04 Å². The summed E-state index contributed by atoms with van der Waals surface area (Å²) in [5.74, 6) is 1.00. The molecule has 0 radical (unpaired) electrons. The van der Waals surface area contributed by atoms with E-state index in [4.69, 9.17) is 0 Å². The van der Waals surface area contributed by atoms with Crippen molar-refractivity contribution in [2.75, 3.05) is 14.1 Å². The van der Waals surface area contributed by atoms with Crippen molar-refractivity contribution in [1.82, 2.24) is 0 Å². The number of hydrogen-bond donors (Lipinski definition) is 0. The van der Waals surface area contributed by atoms with Gasteiger partial charge in [0.1, 0.15) is 0 Å². The van der Waals surface area contributed by atoms with Crippen LogP contribution in [0.5, 0.6) is 0 Å². The van der Waals surface area contributed by atoms with Gasteiger partial charge in [0, 0.05) is 0 Å². The van der Waals surface area contributed by atoms with Crippen molar-refractivity contribution in [3.05, 3.63) is 18.2 Å². The summed E-state index contributed by atoms with van der Waals surface area (Å²) in [5, 5.41) is 3.50. The van der Waals surface area contributed by atoms with Gasteiger partial charge in [0.05, 0.1) is 0 Å². The van der Waals surface area contributed by atoms with Crippen LogP contribution in [-0.4, -0.2) is 20.1 Å². The molecule has 2 aliphatic carbocycles. The van der Waals surface area contributed by atoms with Gasteiger partial charge in [-0.05, 0) is 5.92 Å². The maximum Gasteiger partial charge on any atom is -0.0582 e. The minimum atomic E-state index is 0.582. The van der Waals surface area contributed by atoms with E-state index < -0.39 is 0 Å². The van der Waals surface area contributed by atoms with Crippen molar-refractivity contribution >= 4 is 0 Å². The number of hydrogen-bond acceptors (Lipinski definition) is 1. The van der Waals surface area contributed by atoms with Crippen LogP contribution in [0.2, 0.25) is 0 Å². The molecule has 0 amide bonds. The third kappa shape index (κ3) is 22.8. The molecular formula is C19H39N2Nb-3. The summed E-state index contributed by atoms with van der Waals surface area (Å²) in [7, 11) is 3.50. The Kier molecular flexibility index (Phi) is 24.2. The molecule has 0 aromatic heterocycles. The first-order valence-electron chi connectivity index (χ1n) is 9.07. The zero-order chi connectivity index (χ0) is 17.1. The van der Waals surface area contributed by atoms with Gasteiger partial charge in [-0.1, -0.05) is 39.0 Å². The van der Waals surface area contributed by atoms with E-state index in [1.807, 2.05) is 0 Å². The van der Waals surface area contributed by atoms with E-state index in [1.54, 1.807) is 35.0 Å². The second-order valence-electron chi connectivity index (χ2n) is 6.30. The molecule has 0 aromatic carbocycles. The molecule has 1 unspecified atom stereocenters. The van der Waals surface area contributed by atoms with Crippen LogP contribution in [0, 0.1) is 18.8 Å². The molecule has 22 heavy (non-hydrogen) atoms. The molecule has 0 heterocycles. The van der Waals surface area contributed by atoms with E-state index in [9.17, 15) is 0 Å². The summed E-state index contributed by atoms with van der Waals surface area (Å²) in [6.07, 6.45) is 18.7. The molecule has 0 bridgehead atoms. The largest absolute Gasteiger partial charge is 0.668 e. The van der Waals surface area contributed by atoms with E-state index in [0.717, 1.165) is 5.92 Å². The van der Waals surface area contributed by atoms with Gasteiger partial charge in [0.15, 0.2) is 0 Å². The quantitative estimate of drug-likeness (QED) is 0.372. The molecule has 2 saturated carbocycles. The molecule has 2 rings (SSSR count). The average molecular weight is 388 g/mol. The van der Waals surface area contributed by atoms with E-state index >= 15 is 0 Å². The van der Waals surface area contributed by atoms with Gasteiger partial charge >= 0.3 is 50.5 Å². The maximum absolute atomic E-state index is 4.06. The second-order valence-corrected chi connectivity index (χ2v) is 6.86. The summed E-state index contributed by atoms with van der Waals surface area (Å²) in [6.45, 7) is 6.61. The van der Waals surface area contributed by atoms with Crippen molar-refractivity contribution < 1.29 is 20.9 Å². The summed E-state index contributed by atoms with van der Waals surface area (Å²) in [5.41, 5.74) is 0. The third-order valence-corrected chi connectivity index (χ3v) is 4.80. The Bertz CT molecular complexity index is 188. The molecule has 3 heteroatoms. The second kappa shape index (κ2) is 21.5. The summed E-state index contributed by atoms with van der Waals surface area (Å²) in [6, 6.07) is 0.582. The molecular weight excluding hydrogens is 349 g/mol. The van der Waals surface area contributed by atoms with Gasteiger partial charge in [-0.25, -0.2) is 0 Å². The fourth-order valence-corrected chi connectivity index (χ4v) is 2.47. The molecule has 0 aromatic rings. The van der Waals surface area contributed by atoms with Crippen LogP contribution >= 0.6 is 0 Å². The van der Waals surface area contributed by atoms with E-state index in [1.165, 1.54) is 64.2 Å². The van der Waals surface area contributed by atoms with Crippen molar-refractivity contribution in [2.45, 2.75) is 91.0 Å².